The Labute approximate surface area is 103 Å². The lowest BCUT2D eigenvalue weighted by Crippen LogP contribution is -2.37. The molecule has 1 aromatic rings. The van der Waals surface area contributed by atoms with Gasteiger partial charge in [-0.2, -0.15) is 5.10 Å². The molecule has 0 atom stereocenters. The van der Waals surface area contributed by atoms with Crippen LogP contribution in [0.1, 0.15) is 30.8 Å². The maximum atomic E-state index is 5.94. The van der Waals surface area contributed by atoms with Crippen LogP contribution in [0, 0.1) is 13.8 Å². The van der Waals surface area contributed by atoms with Gasteiger partial charge in [0.15, 0.2) is 5.96 Å². The zero-order chi connectivity index (χ0) is 13.0. The van der Waals surface area contributed by atoms with Crippen LogP contribution in [0.15, 0.2) is 4.99 Å². The molecule has 2 N–H and O–H groups in total. The van der Waals surface area contributed by atoms with E-state index in [-0.39, 0.29) is 0 Å². The predicted octanol–water partition coefficient (Wildman–Crippen LogP) is 1.19. The van der Waals surface area contributed by atoms with Gasteiger partial charge in [0.05, 0.1) is 12.2 Å². The predicted molar refractivity (Wildman–Crippen MR) is 70.9 cm³/mol. The molecule has 0 fully saturated rings. The molecule has 0 aliphatic rings. The summed E-state index contributed by atoms with van der Waals surface area (Å²) in [5, 5.41) is 4.37. The summed E-state index contributed by atoms with van der Waals surface area (Å²) in [6.45, 7) is 10.6. The molecule has 0 aliphatic carbocycles. The SMILES string of the molecule is CCN(CC)C(N)=NCc1c(C)nn(C)c1C. The van der Waals surface area contributed by atoms with Crippen LogP contribution in [0.2, 0.25) is 0 Å². The topological polar surface area (TPSA) is 59.4 Å². The second-order valence-corrected chi connectivity index (χ2v) is 4.12. The molecule has 1 aromatic heterocycles. The van der Waals surface area contributed by atoms with E-state index in [4.69, 9.17) is 5.73 Å². The molecule has 17 heavy (non-hydrogen) atoms. The van der Waals surface area contributed by atoms with Crippen LogP contribution < -0.4 is 5.73 Å². The highest BCUT2D eigenvalue weighted by Gasteiger charge is 2.09. The zero-order valence-corrected chi connectivity index (χ0v) is 11.5. The van der Waals surface area contributed by atoms with Crippen molar-refractivity contribution in [3.8, 4) is 0 Å². The van der Waals surface area contributed by atoms with Gasteiger partial charge in [-0.05, 0) is 27.7 Å². The van der Waals surface area contributed by atoms with E-state index in [1.165, 1.54) is 5.56 Å². The summed E-state index contributed by atoms with van der Waals surface area (Å²) in [7, 11) is 1.95. The van der Waals surface area contributed by atoms with Crippen LogP contribution in [0.5, 0.6) is 0 Å². The number of aromatic nitrogens is 2. The number of rotatable bonds is 4. The van der Waals surface area contributed by atoms with Gasteiger partial charge < -0.3 is 10.6 Å². The first-order chi connectivity index (χ1) is 8.01. The Hall–Kier alpha value is -1.52. The zero-order valence-electron chi connectivity index (χ0n) is 11.5. The van der Waals surface area contributed by atoms with Crippen molar-refractivity contribution in [1.82, 2.24) is 14.7 Å². The normalized spacial score (nSPS) is 11.9. The molecule has 1 rings (SSSR count). The molecule has 0 spiro atoms. The quantitative estimate of drug-likeness (QED) is 0.632. The van der Waals surface area contributed by atoms with Gasteiger partial charge >= 0.3 is 0 Å². The van der Waals surface area contributed by atoms with Crippen molar-refractivity contribution in [3.63, 3.8) is 0 Å². The lowest BCUT2D eigenvalue weighted by molar-refractivity contribution is 0.458. The summed E-state index contributed by atoms with van der Waals surface area (Å²) in [6.07, 6.45) is 0. The minimum atomic E-state index is 0.605. The molecule has 0 amide bonds. The van der Waals surface area contributed by atoms with Gasteiger partial charge in [-0.3, -0.25) is 4.68 Å². The highest BCUT2D eigenvalue weighted by atomic mass is 15.3. The highest BCUT2D eigenvalue weighted by Crippen LogP contribution is 2.12. The lowest BCUT2D eigenvalue weighted by atomic mass is 10.2. The van der Waals surface area contributed by atoms with Crippen molar-refractivity contribution >= 4 is 5.96 Å². The van der Waals surface area contributed by atoms with E-state index in [0.717, 1.165) is 24.5 Å². The third-order valence-corrected chi connectivity index (χ3v) is 3.15. The highest BCUT2D eigenvalue weighted by molar-refractivity contribution is 5.78. The first-order valence-electron chi connectivity index (χ1n) is 6.05. The molecular weight excluding hydrogens is 214 g/mol. The molecule has 0 saturated heterocycles. The summed E-state index contributed by atoms with van der Waals surface area (Å²) in [4.78, 5) is 6.48. The van der Waals surface area contributed by atoms with Gasteiger partial charge in [0.2, 0.25) is 0 Å². The first kappa shape index (κ1) is 13.5. The van der Waals surface area contributed by atoms with Gasteiger partial charge in [-0.25, -0.2) is 4.99 Å². The van der Waals surface area contributed by atoms with Crippen molar-refractivity contribution in [3.05, 3.63) is 17.0 Å². The average molecular weight is 237 g/mol. The molecule has 0 unspecified atom stereocenters. The van der Waals surface area contributed by atoms with Gasteiger partial charge in [0.1, 0.15) is 0 Å². The van der Waals surface area contributed by atoms with E-state index in [0.29, 0.717) is 12.5 Å². The van der Waals surface area contributed by atoms with Gasteiger partial charge in [-0.1, -0.05) is 0 Å². The van der Waals surface area contributed by atoms with Gasteiger partial charge in [0.25, 0.3) is 0 Å². The Morgan fingerprint density at radius 3 is 2.35 bits per heavy atom. The smallest absolute Gasteiger partial charge is 0.191 e. The van der Waals surface area contributed by atoms with Crippen LogP contribution in [0.4, 0.5) is 0 Å². The average Bonchev–Trinajstić information content (AvgIpc) is 2.53. The fourth-order valence-corrected chi connectivity index (χ4v) is 1.85. The second-order valence-electron chi connectivity index (χ2n) is 4.12. The molecular formula is C12H23N5. The Kier molecular flexibility index (Phi) is 4.54. The van der Waals surface area contributed by atoms with E-state index in [1.807, 2.05) is 23.6 Å². The fraction of sp³-hybridized carbons (Fsp3) is 0.667. The van der Waals surface area contributed by atoms with Gasteiger partial charge in [0, 0.05) is 31.4 Å². The summed E-state index contributed by atoms with van der Waals surface area (Å²) in [6, 6.07) is 0. The lowest BCUT2D eigenvalue weighted by Gasteiger charge is -2.19. The van der Waals surface area contributed by atoms with Crippen molar-refractivity contribution in [2.75, 3.05) is 13.1 Å². The van der Waals surface area contributed by atoms with E-state index < -0.39 is 0 Å². The molecule has 96 valence electrons. The maximum absolute atomic E-state index is 5.94. The summed E-state index contributed by atoms with van der Waals surface area (Å²) < 4.78 is 1.88. The molecule has 1 heterocycles. The molecule has 0 aliphatic heterocycles. The summed E-state index contributed by atoms with van der Waals surface area (Å²) in [5.74, 6) is 0.609. The number of hydrogen-bond acceptors (Lipinski definition) is 2. The number of guanidine groups is 1. The number of aryl methyl sites for hydroxylation is 2. The number of aliphatic imine (C=N–C) groups is 1. The molecule has 0 bridgehead atoms. The number of nitrogens with two attached hydrogens (primary N) is 1. The van der Waals surface area contributed by atoms with Crippen LogP contribution >= 0.6 is 0 Å². The first-order valence-corrected chi connectivity index (χ1v) is 6.05. The standard InChI is InChI=1S/C12H23N5/c1-6-17(7-2)12(13)14-8-11-9(3)15-16(5)10(11)4/h6-8H2,1-5H3,(H2,13,14). The van der Waals surface area contributed by atoms with Crippen molar-refractivity contribution in [1.29, 1.82) is 0 Å². The van der Waals surface area contributed by atoms with E-state index in [1.54, 1.807) is 0 Å². The second kappa shape index (κ2) is 5.70. The minimum absolute atomic E-state index is 0.605. The monoisotopic (exact) mass is 237 g/mol. The van der Waals surface area contributed by atoms with Crippen molar-refractivity contribution < 1.29 is 0 Å². The Balaban J connectivity index is 2.82. The van der Waals surface area contributed by atoms with Crippen LogP contribution in [-0.2, 0) is 13.6 Å². The molecule has 0 aromatic carbocycles. The maximum Gasteiger partial charge on any atom is 0.191 e. The van der Waals surface area contributed by atoms with Gasteiger partial charge in [-0.15, -0.1) is 0 Å². The summed E-state index contributed by atoms with van der Waals surface area (Å²) in [5.41, 5.74) is 9.29. The van der Waals surface area contributed by atoms with Crippen LogP contribution in [-0.4, -0.2) is 33.7 Å². The largest absolute Gasteiger partial charge is 0.370 e. The Morgan fingerprint density at radius 1 is 1.35 bits per heavy atom. The van der Waals surface area contributed by atoms with E-state index in [9.17, 15) is 0 Å². The Morgan fingerprint density at radius 2 is 1.94 bits per heavy atom. The molecule has 5 heteroatoms. The fourth-order valence-electron chi connectivity index (χ4n) is 1.85. The summed E-state index contributed by atoms with van der Waals surface area (Å²) >= 11 is 0. The molecule has 5 nitrogen and oxygen atoms in total. The van der Waals surface area contributed by atoms with Crippen LogP contribution in [0.3, 0.4) is 0 Å². The minimum Gasteiger partial charge on any atom is -0.370 e. The van der Waals surface area contributed by atoms with E-state index >= 15 is 0 Å². The molecule has 0 saturated carbocycles. The third kappa shape index (κ3) is 2.99. The number of hydrogen-bond donors (Lipinski definition) is 1. The number of nitrogens with zero attached hydrogens (tertiary/aromatic N) is 4. The van der Waals surface area contributed by atoms with E-state index in [2.05, 4.69) is 30.9 Å². The van der Waals surface area contributed by atoms with Crippen molar-refractivity contribution in [2.45, 2.75) is 34.2 Å². The Bertz CT molecular complexity index is 401. The molecule has 0 radical (unpaired) electrons. The third-order valence-electron chi connectivity index (χ3n) is 3.15. The van der Waals surface area contributed by atoms with Crippen LogP contribution in [0.25, 0.3) is 0 Å². The van der Waals surface area contributed by atoms with Crippen molar-refractivity contribution in [2.24, 2.45) is 17.8 Å².